The van der Waals surface area contributed by atoms with Crippen LogP contribution in [-0.2, 0) is 9.47 Å². The highest BCUT2D eigenvalue weighted by Gasteiger charge is 2.35. The Hall–Kier alpha value is -1.59. The van der Waals surface area contributed by atoms with Crippen molar-refractivity contribution >= 4 is 11.6 Å². The minimum Gasteiger partial charge on any atom is -0.399 e. The monoisotopic (exact) mass is 250 g/mol. The van der Waals surface area contributed by atoms with Gasteiger partial charge in [-0.05, 0) is 18.2 Å². The van der Waals surface area contributed by atoms with Crippen molar-refractivity contribution in [2.75, 3.05) is 32.6 Å². The minimum absolute atomic E-state index is 0.148. The van der Waals surface area contributed by atoms with E-state index in [0.717, 1.165) is 6.42 Å². The molecule has 1 saturated heterocycles. The fourth-order valence-corrected chi connectivity index (χ4v) is 1.98. The quantitative estimate of drug-likeness (QED) is 0.775. The summed E-state index contributed by atoms with van der Waals surface area (Å²) in [6.07, 6.45) is 0.792. The van der Waals surface area contributed by atoms with Crippen molar-refractivity contribution in [3.8, 4) is 0 Å². The first-order valence-electron chi connectivity index (χ1n) is 5.92. The van der Waals surface area contributed by atoms with E-state index in [4.69, 9.17) is 15.2 Å². The summed E-state index contributed by atoms with van der Waals surface area (Å²) in [6, 6.07) is 6.89. The van der Waals surface area contributed by atoms with Crippen LogP contribution >= 0.6 is 0 Å². The van der Waals surface area contributed by atoms with Crippen molar-refractivity contribution in [1.29, 1.82) is 0 Å². The zero-order chi connectivity index (χ0) is 13.0. The standard InChI is InChI=1S/C13H18N2O3/c1-17-13(5-6-18-9-13)8-15-12(16)10-3-2-4-11(14)7-10/h2-4,7H,5-6,8-9,14H2,1H3,(H,15,16). The number of rotatable bonds is 4. The van der Waals surface area contributed by atoms with E-state index in [-0.39, 0.29) is 5.91 Å². The first kappa shape index (κ1) is 12.9. The molecule has 98 valence electrons. The number of nitrogens with two attached hydrogens (primary N) is 1. The second-order valence-electron chi connectivity index (χ2n) is 4.50. The Morgan fingerprint density at radius 1 is 1.61 bits per heavy atom. The van der Waals surface area contributed by atoms with Crippen LogP contribution in [0.4, 0.5) is 5.69 Å². The molecule has 0 radical (unpaired) electrons. The molecule has 1 unspecified atom stereocenters. The van der Waals surface area contributed by atoms with E-state index in [9.17, 15) is 4.79 Å². The van der Waals surface area contributed by atoms with Gasteiger partial charge in [0.05, 0.1) is 6.61 Å². The molecular weight excluding hydrogens is 232 g/mol. The van der Waals surface area contributed by atoms with Crippen LogP contribution in [0.1, 0.15) is 16.8 Å². The van der Waals surface area contributed by atoms with Gasteiger partial charge in [-0.1, -0.05) is 6.07 Å². The summed E-state index contributed by atoms with van der Waals surface area (Å²) in [4.78, 5) is 11.9. The molecule has 1 fully saturated rings. The largest absolute Gasteiger partial charge is 0.399 e. The highest BCUT2D eigenvalue weighted by molar-refractivity contribution is 5.95. The Morgan fingerprint density at radius 2 is 2.44 bits per heavy atom. The number of carbonyl (C=O) groups is 1. The average molecular weight is 250 g/mol. The van der Waals surface area contributed by atoms with E-state index in [1.165, 1.54) is 0 Å². The molecule has 1 atom stereocenters. The number of carbonyl (C=O) groups excluding carboxylic acids is 1. The maximum Gasteiger partial charge on any atom is 0.251 e. The molecule has 1 aromatic carbocycles. The van der Waals surface area contributed by atoms with Gasteiger partial charge in [-0.3, -0.25) is 4.79 Å². The molecule has 2 rings (SSSR count). The highest BCUT2D eigenvalue weighted by atomic mass is 16.5. The molecule has 5 nitrogen and oxygen atoms in total. The Labute approximate surface area is 106 Å². The Bertz CT molecular complexity index is 428. The van der Waals surface area contributed by atoms with Gasteiger partial charge in [0, 0.05) is 37.9 Å². The molecule has 5 heteroatoms. The Kier molecular flexibility index (Phi) is 3.84. The van der Waals surface area contributed by atoms with Gasteiger partial charge in [-0.15, -0.1) is 0 Å². The third-order valence-corrected chi connectivity index (χ3v) is 3.22. The van der Waals surface area contributed by atoms with Crippen molar-refractivity contribution < 1.29 is 14.3 Å². The van der Waals surface area contributed by atoms with Gasteiger partial charge in [0.25, 0.3) is 5.91 Å². The lowest BCUT2D eigenvalue weighted by Gasteiger charge is -2.25. The first-order valence-corrected chi connectivity index (χ1v) is 5.92. The molecule has 0 saturated carbocycles. The second kappa shape index (κ2) is 5.37. The topological polar surface area (TPSA) is 73.6 Å². The van der Waals surface area contributed by atoms with Gasteiger partial charge in [-0.25, -0.2) is 0 Å². The predicted molar refractivity (Wildman–Crippen MR) is 68.4 cm³/mol. The zero-order valence-corrected chi connectivity index (χ0v) is 10.4. The predicted octanol–water partition coefficient (Wildman–Crippen LogP) is 0.804. The normalized spacial score (nSPS) is 22.9. The number of nitrogen functional groups attached to an aromatic ring is 1. The Morgan fingerprint density at radius 3 is 3.06 bits per heavy atom. The number of anilines is 1. The number of nitrogens with one attached hydrogen (secondary N) is 1. The third-order valence-electron chi connectivity index (χ3n) is 3.22. The van der Waals surface area contributed by atoms with Gasteiger partial charge in [-0.2, -0.15) is 0 Å². The van der Waals surface area contributed by atoms with Crippen LogP contribution in [0.2, 0.25) is 0 Å². The van der Waals surface area contributed by atoms with E-state index in [1.54, 1.807) is 31.4 Å². The molecule has 18 heavy (non-hydrogen) atoms. The van der Waals surface area contributed by atoms with Crippen molar-refractivity contribution in [3.63, 3.8) is 0 Å². The number of hydrogen-bond acceptors (Lipinski definition) is 4. The summed E-state index contributed by atoms with van der Waals surface area (Å²) < 4.78 is 10.8. The number of methoxy groups -OCH3 is 1. The van der Waals surface area contributed by atoms with Gasteiger partial charge in [0.15, 0.2) is 0 Å². The second-order valence-corrected chi connectivity index (χ2v) is 4.50. The van der Waals surface area contributed by atoms with Crippen LogP contribution < -0.4 is 11.1 Å². The lowest BCUT2D eigenvalue weighted by atomic mass is 10.0. The fraction of sp³-hybridized carbons (Fsp3) is 0.462. The van der Waals surface area contributed by atoms with Gasteiger partial charge in [0.1, 0.15) is 5.60 Å². The summed E-state index contributed by atoms with van der Waals surface area (Å²) in [5.74, 6) is -0.148. The SMILES string of the molecule is COC1(CNC(=O)c2cccc(N)c2)CCOC1. The smallest absolute Gasteiger partial charge is 0.251 e. The van der Waals surface area contributed by atoms with Gasteiger partial charge < -0.3 is 20.5 Å². The molecule has 0 spiro atoms. The molecule has 1 heterocycles. The molecule has 0 aromatic heterocycles. The van der Waals surface area contributed by atoms with E-state index in [0.29, 0.717) is 31.0 Å². The van der Waals surface area contributed by atoms with Crippen molar-refractivity contribution in [1.82, 2.24) is 5.32 Å². The number of amides is 1. The fourth-order valence-electron chi connectivity index (χ4n) is 1.98. The van der Waals surface area contributed by atoms with Crippen LogP contribution in [0.25, 0.3) is 0 Å². The van der Waals surface area contributed by atoms with Crippen LogP contribution in [0.5, 0.6) is 0 Å². The molecule has 1 aliphatic rings. The first-order chi connectivity index (χ1) is 8.65. The van der Waals surface area contributed by atoms with Crippen molar-refractivity contribution in [3.05, 3.63) is 29.8 Å². The van der Waals surface area contributed by atoms with E-state index < -0.39 is 5.60 Å². The lowest BCUT2D eigenvalue weighted by molar-refractivity contribution is -0.0148. The van der Waals surface area contributed by atoms with Crippen molar-refractivity contribution in [2.45, 2.75) is 12.0 Å². The van der Waals surface area contributed by atoms with E-state index >= 15 is 0 Å². The molecule has 1 aromatic rings. The van der Waals surface area contributed by atoms with E-state index in [1.807, 2.05) is 0 Å². The van der Waals surface area contributed by atoms with Crippen molar-refractivity contribution in [2.24, 2.45) is 0 Å². The minimum atomic E-state index is -0.393. The van der Waals surface area contributed by atoms with Gasteiger partial charge in [0.2, 0.25) is 0 Å². The maximum atomic E-state index is 11.9. The molecule has 1 aliphatic heterocycles. The molecule has 0 bridgehead atoms. The Balaban J connectivity index is 1.96. The summed E-state index contributed by atoms with van der Waals surface area (Å²) >= 11 is 0. The molecular formula is C13H18N2O3. The number of benzene rings is 1. The van der Waals surface area contributed by atoms with Crippen LogP contribution in [0.3, 0.4) is 0 Å². The summed E-state index contributed by atoms with van der Waals surface area (Å²) in [5, 5.41) is 2.86. The van der Waals surface area contributed by atoms with Gasteiger partial charge >= 0.3 is 0 Å². The highest BCUT2D eigenvalue weighted by Crippen LogP contribution is 2.21. The average Bonchev–Trinajstić information content (AvgIpc) is 2.85. The van der Waals surface area contributed by atoms with Crippen LogP contribution in [0.15, 0.2) is 24.3 Å². The summed E-state index contributed by atoms with van der Waals surface area (Å²) in [5.41, 5.74) is 6.38. The number of hydrogen-bond donors (Lipinski definition) is 2. The molecule has 3 N–H and O–H groups in total. The van der Waals surface area contributed by atoms with Crippen LogP contribution in [-0.4, -0.2) is 38.4 Å². The van der Waals surface area contributed by atoms with E-state index in [2.05, 4.69) is 5.32 Å². The number of ether oxygens (including phenoxy) is 2. The molecule has 1 amide bonds. The zero-order valence-electron chi connectivity index (χ0n) is 10.4. The third kappa shape index (κ3) is 2.80. The molecule has 0 aliphatic carbocycles. The summed E-state index contributed by atoms with van der Waals surface area (Å²) in [6.45, 7) is 1.62. The maximum absolute atomic E-state index is 11.9. The lowest BCUT2D eigenvalue weighted by Crippen LogP contribution is -2.45. The van der Waals surface area contributed by atoms with Crippen LogP contribution in [0, 0.1) is 0 Å². The summed E-state index contributed by atoms with van der Waals surface area (Å²) in [7, 11) is 1.64.